The van der Waals surface area contributed by atoms with Crippen LogP contribution in [0.4, 0.5) is 4.39 Å². The van der Waals surface area contributed by atoms with Gasteiger partial charge in [-0.1, -0.05) is 6.07 Å². The number of nitrogens with zero attached hydrogens (tertiary/aromatic N) is 2. The van der Waals surface area contributed by atoms with Crippen LogP contribution in [0.5, 0.6) is 5.75 Å². The zero-order valence-corrected chi connectivity index (χ0v) is 10.2. The van der Waals surface area contributed by atoms with Gasteiger partial charge >= 0.3 is 0 Å². The molecule has 0 spiro atoms. The van der Waals surface area contributed by atoms with Crippen LogP contribution in [0.1, 0.15) is 18.5 Å². The van der Waals surface area contributed by atoms with Crippen LogP contribution in [0.2, 0.25) is 0 Å². The molecule has 4 nitrogen and oxygen atoms in total. The summed E-state index contributed by atoms with van der Waals surface area (Å²) < 4.78 is 20.7. The van der Waals surface area contributed by atoms with Crippen LogP contribution in [-0.4, -0.2) is 16.2 Å². The van der Waals surface area contributed by atoms with E-state index in [0.29, 0.717) is 18.9 Å². The Kier molecular flexibility index (Phi) is 3.94. The molecule has 0 saturated carbocycles. The second kappa shape index (κ2) is 5.64. The molecule has 1 aromatic carbocycles. The van der Waals surface area contributed by atoms with E-state index >= 15 is 0 Å². The van der Waals surface area contributed by atoms with E-state index in [4.69, 9.17) is 10.5 Å². The maximum absolute atomic E-state index is 13.2. The molecule has 0 fully saturated rings. The van der Waals surface area contributed by atoms with Crippen LogP contribution in [0.25, 0.3) is 0 Å². The van der Waals surface area contributed by atoms with E-state index in [2.05, 4.69) is 4.98 Å². The van der Waals surface area contributed by atoms with Gasteiger partial charge in [0.25, 0.3) is 0 Å². The SMILES string of the molecule is C[C@H](N)c1ccc(F)cc1OCCn1ccnc1. The van der Waals surface area contributed by atoms with Gasteiger partial charge in [0.2, 0.25) is 0 Å². The third-order valence-corrected chi connectivity index (χ3v) is 2.63. The lowest BCUT2D eigenvalue weighted by Gasteiger charge is -2.14. The Morgan fingerprint density at radius 3 is 3.00 bits per heavy atom. The molecule has 0 aliphatic heterocycles. The maximum atomic E-state index is 13.2. The minimum absolute atomic E-state index is 0.186. The number of rotatable bonds is 5. The van der Waals surface area contributed by atoms with E-state index in [1.807, 2.05) is 17.7 Å². The molecule has 0 aliphatic carbocycles. The van der Waals surface area contributed by atoms with Crippen molar-refractivity contribution in [1.29, 1.82) is 0 Å². The van der Waals surface area contributed by atoms with Crippen LogP contribution in [-0.2, 0) is 6.54 Å². The lowest BCUT2D eigenvalue weighted by molar-refractivity contribution is 0.292. The molecule has 0 saturated heterocycles. The molecule has 1 atom stereocenters. The Morgan fingerprint density at radius 2 is 2.33 bits per heavy atom. The number of hydrogen-bond donors (Lipinski definition) is 1. The summed E-state index contributed by atoms with van der Waals surface area (Å²) >= 11 is 0. The lowest BCUT2D eigenvalue weighted by Crippen LogP contribution is -2.11. The van der Waals surface area contributed by atoms with Crippen molar-refractivity contribution in [2.45, 2.75) is 19.5 Å². The number of aromatic nitrogens is 2. The number of ether oxygens (including phenoxy) is 1. The van der Waals surface area contributed by atoms with Gasteiger partial charge in [0, 0.05) is 30.1 Å². The maximum Gasteiger partial charge on any atom is 0.127 e. The zero-order chi connectivity index (χ0) is 13.0. The summed E-state index contributed by atoms with van der Waals surface area (Å²) in [6, 6.07) is 4.23. The molecule has 2 N–H and O–H groups in total. The standard InChI is InChI=1S/C13H16FN3O/c1-10(15)12-3-2-11(14)8-13(12)18-7-6-17-5-4-16-9-17/h2-5,8-10H,6-7,15H2,1H3/t10-/m0/s1. The first-order valence-electron chi connectivity index (χ1n) is 5.80. The molecule has 5 heteroatoms. The number of hydrogen-bond acceptors (Lipinski definition) is 3. The summed E-state index contributed by atoms with van der Waals surface area (Å²) in [6.07, 6.45) is 5.26. The number of nitrogens with two attached hydrogens (primary N) is 1. The van der Waals surface area contributed by atoms with Crippen LogP contribution in [0, 0.1) is 5.82 Å². The average Bonchev–Trinajstić information content (AvgIpc) is 2.82. The minimum atomic E-state index is -0.322. The molecular weight excluding hydrogens is 233 g/mol. The third-order valence-electron chi connectivity index (χ3n) is 2.63. The predicted molar refractivity (Wildman–Crippen MR) is 66.7 cm³/mol. The number of halogens is 1. The van der Waals surface area contributed by atoms with Crippen molar-refractivity contribution in [1.82, 2.24) is 9.55 Å². The third kappa shape index (κ3) is 3.07. The van der Waals surface area contributed by atoms with Gasteiger partial charge in [0.15, 0.2) is 0 Å². The molecule has 0 aliphatic rings. The van der Waals surface area contributed by atoms with E-state index in [1.165, 1.54) is 12.1 Å². The molecule has 0 unspecified atom stereocenters. The summed E-state index contributed by atoms with van der Waals surface area (Å²) in [7, 11) is 0. The summed E-state index contributed by atoms with van der Waals surface area (Å²) in [5.41, 5.74) is 6.62. The second-order valence-electron chi connectivity index (χ2n) is 4.12. The van der Waals surface area contributed by atoms with Crippen LogP contribution in [0.3, 0.4) is 0 Å². The fourth-order valence-corrected chi connectivity index (χ4v) is 1.69. The largest absolute Gasteiger partial charge is 0.491 e. The van der Waals surface area contributed by atoms with Crippen molar-refractivity contribution in [2.24, 2.45) is 5.73 Å². The minimum Gasteiger partial charge on any atom is -0.491 e. The van der Waals surface area contributed by atoms with Crippen LogP contribution < -0.4 is 10.5 Å². The molecule has 1 heterocycles. The Hall–Kier alpha value is -1.88. The molecule has 0 amide bonds. The molecular formula is C13H16FN3O. The molecule has 1 aromatic heterocycles. The van der Waals surface area contributed by atoms with E-state index in [1.54, 1.807) is 18.6 Å². The molecule has 0 radical (unpaired) electrons. The average molecular weight is 249 g/mol. The van der Waals surface area contributed by atoms with Gasteiger partial charge in [0.1, 0.15) is 18.2 Å². The van der Waals surface area contributed by atoms with Crippen LogP contribution >= 0.6 is 0 Å². The highest BCUT2D eigenvalue weighted by molar-refractivity contribution is 5.36. The van der Waals surface area contributed by atoms with Crippen LogP contribution in [0.15, 0.2) is 36.9 Å². The molecule has 96 valence electrons. The lowest BCUT2D eigenvalue weighted by atomic mass is 10.1. The highest BCUT2D eigenvalue weighted by atomic mass is 19.1. The molecule has 2 rings (SSSR count). The molecule has 0 bridgehead atoms. The summed E-state index contributed by atoms with van der Waals surface area (Å²) in [4.78, 5) is 3.94. The van der Waals surface area contributed by atoms with Crippen molar-refractivity contribution in [3.8, 4) is 5.75 Å². The molecule has 18 heavy (non-hydrogen) atoms. The van der Waals surface area contributed by atoms with Crippen molar-refractivity contribution >= 4 is 0 Å². The highest BCUT2D eigenvalue weighted by Gasteiger charge is 2.09. The Balaban J connectivity index is 2.01. The van der Waals surface area contributed by atoms with Crippen molar-refractivity contribution in [3.63, 3.8) is 0 Å². The fourth-order valence-electron chi connectivity index (χ4n) is 1.69. The van der Waals surface area contributed by atoms with Gasteiger partial charge in [-0.2, -0.15) is 0 Å². The summed E-state index contributed by atoms with van der Waals surface area (Å²) in [5.74, 6) is 0.183. The Labute approximate surface area is 105 Å². The normalized spacial score (nSPS) is 12.4. The first kappa shape index (κ1) is 12.6. The van der Waals surface area contributed by atoms with Gasteiger partial charge in [-0.05, 0) is 13.0 Å². The second-order valence-corrected chi connectivity index (χ2v) is 4.12. The van der Waals surface area contributed by atoms with E-state index < -0.39 is 0 Å². The van der Waals surface area contributed by atoms with E-state index in [0.717, 1.165) is 5.56 Å². The number of imidazole rings is 1. The van der Waals surface area contributed by atoms with Gasteiger partial charge in [-0.3, -0.25) is 0 Å². The first-order chi connectivity index (χ1) is 8.66. The molecule has 2 aromatic rings. The Morgan fingerprint density at radius 1 is 1.50 bits per heavy atom. The van der Waals surface area contributed by atoms with Gasteiger partial charge in [0.05, 0.1) is 12.9 Å². The van der Waals surface area contributed by atoms with Gasteiger partial charge in [-0.15, -0.1) is 0 Å². The quantitative estimate of drug-likeness (QED) is 0.883. The smallest absolute Gasteiger partial charge is 0.127 e. The first-order valence-corrected chi connectivity index (χ1v) is 5.80. The van der Waals surface area contributed by atoms with Crippen molar-refractivity contribution < 1.29 is 9.13 Å². The van der Waals surface area contributed by atoms with E-state index in [-0.39, 0.29) is 11.9 Å². The Bertz CT molecular complexity index is 497. The van der Waals surface area contributed by atoms with E-state index in [9.17, 15) is 4.39 Å². The monoisotopic (exact) mass is 249 g/mol. The fraction of sp³-hybridized carbons (Fsp3) is 0.308. The van der Waals surface area contributed by atoms with Crippen molar-refractivity contribution in [2.75, 3.05) is 6.61 Å². The van der Waals surface area contributed by atoms with Crippen molar-refractivity contribution in [3.05, 3.63) is 48.3 Å². The van der Waals surface area contributed by atoms with Gasteiger partial charge in [-0.25, -0.2) is 9.37 Å². The topological polar surface area (TPSA) is 53.1 Å². The zero-order valence-electron chi connectivity index (χ0n) is 10.2. The number of benzene rings is 1. The highest BCUT2D eigenvalue weighted by Crippen LogP contribution is 2.24. The summed E-state index contributed by atoms with van der Waals surface area (Å²) in [5, 5.41) is 0. The summed E-state index contributed by atoms with van der Waals surface area (Å²) in [6.45, 7) is 2.95. The van der Waals surface area contributed by atoms with Gasteiger partial charge < -0.3 is 15.0 Å². The predicted octanol–water partition coefficient (Wildman–Crippen LogP) is 2.12.